The van der Waals surface area contributed by atoms with E-state index in [9.17, 15) is 14.4 Å². The summed E-state index contributed by atoms with van der Waals surface area (Å²) < 4.78 is 12.6. The number of aromatic nitrogens is 2. The SMILES string of the molecule is O=CCOCCOCCCc1ccc2c3cccnc3n(C3CCC(=O)NC3=O)c2c1. The molecule has 162 valence electrons. The van der Waals surface area contributed by atoms with Crippen LogP contribution in [0.5, 0.6) is 0 Å². The van der Waals surface area contributed by atoms with Gasteiger partial charge in [0, 0.05) is 30.0 Å². The molecule has 31 heavy (non-hydrogen) atoms. The van der Waals surface area contributed by atoms with Crippen LogP contribution in [-0.2, 0) is 30.3 Å². The van der Waals surface area contributed by atoms with Gasteiger partial charge in [0.15, 0.2) is 0 Å². The number of carbonyl (C=O) groups is 3. The third-order valence-electron chi connectivity index (χ3n) is 5.46. The third-order valence-corrected chi connectivity index (χ3v) is 5.46. The van der Waals surface area contributed by atoms with Crippen LogP contribution in [0.4, 0.5) is 0 Å². The number of ether oxygens (including phenoxy) is 2. The van der Waals surface area contributed by atoms with Gasteiger partial charge in [0.05, 0.1) is 18.7 Å². The summed E-state index contributed by atoms with van der Waals surface area (Å²) in [5.74, 6) is -0.511. The maximum absolute atomic E-state index is 12.6. The van der Waals surface area contributed by atoms with Gasteiger partial charge in [-0.1, -0.05) is 12.1 Å². The van der Waals surface area contributed by atoms with Crippen molar-refractivity contribution in [1.82, 2.24) is 14.9 Å². The largest absolute Gasteiger partial charge is 0.379 e. The molecule has 1 aliphatic rings. The molecule has 3 aromatic rings. The van der Waals surface area contributed by atoms with Crippen LogP contribution in [0.15, 0.2) is 36.5 Å². The van der Waals surface area contributed by atoms with Crippen molar-refractivity contribution in [3.05, 3.63) is 42.1 Å². The molecule has 2 amide bonds. The van der Waals surface area contributed by atoms with Crippen molar-refractivity contribution < 1.29 is 23.9 Å². The van der Waals surface area contributed by atoms with Gasteiger partial charge in [-0.2, -0.15) is 0 Å². The molecule has 1 unspecified atom stereocenters. The lowest BCUT2D eigenvalue weighted by Crippen LogP contribution is -2.41. The van der Waals surface area contributed by atoms with Crippen LogP contribution in [-0.4, -0.2) is 54.1 Å². The van der Waals surface area contributed by atoms with E-state index in [0.717, 1.165) is 46.6 Å². The van der Waals surface area contributed by atoms with E-state index >= 15 is 0 Å². The van der Waals surface area contributed by atoms with Crippen LogP contribution in [0.1, 0.15) is 30.9 Å². The highest BCUT2D eigenvalue weighted by Gasteiger charge is 2.30. The van der Waals surface area contributed by atoms with Crippen LogP contribution in [0, 0.1) is 0 Å². The third kappa shape index (κ3) is 4.65. The Balaban J connectivity index is 1.53. The highest BCUT2D eigenvalue weighted by molar-refractivity contribution is 6.09. The van der Waals surface area contributed by atoms with E-state index in [0.29, 0.717) is 32.7 Å². The number of aryl methyl sites for hydroxylation is 1. The number of amides is 2. The molecule has 0 saturated carbocycles. The summed E-state index contributed by atoms with van der Waals surface area (Å²) in [5.41, 5.74) is 2.84. The Labute approximate surface area is 179 Å². The van der Waals surface area contributed by atoms with Gasteiger partial charge in [-0.15, -0.1) is 0 Å². The molecular weight excluding hydrogens is 398 g/mol. The predicted octanol–water partition coefficient (Wildman–Crippen LogP) is 2.33. The second kappa shape index (κ2) is 9.80. The van der Waals surface area contributed by atoms with Gasteiger partial charge < -0.3 is 18.8 Å². The zero-order valence-electron chi connectivity index (χ0n) is 17.2. The number of benzene rings is 1. The topological polar surface area (TPSA) is 99.5 Å². The number of nitrogens with one attached hydrogen (secondary N) is 1. The summed E-state index contributed by atoms with van der Waals surface area (Å²) in [6.07, 6.45) is 4.90. The van der Waals surface area contributed by atoms with E-state index < -0.39 is 6.04 Å². The highest BCUT2D eigenvalue weighted by atomic mass is 16.5. The Kier molecular flexibility index (Phi) is 6.69. The Hall–Kier alpha value is -3.10. The molecule has 0 bridgehead atoms. The standard InChI is InChI=1S/C23H25N3O5/c27-10-12-31-14-13-30-11-2-3-16-5-6-17-18-4-1-9-24-22(18)26(20(17)15-16)19-7-8-21(28)25-23(19)29/h1,4-6,9-10,15,19H,2-3,7-8,11-14H2,(H,25,28,29). The lowest BCUT2D eigenvalue weighted by atomic mass is 10.0. The fraction of sp³-hybridized carbons (Fsp3) is 0.391. The van der Waals surface area contributed by atoms with Gasteiger partial charge in [0.25, 0.3) is 0 Å². The first-order valence-electron chi connectivity index (χ1n) is 10.5. The maximum atomic E-state index is 12.6. The molecule has 1 aromatic carbocycles. The summed E-state index contributed by atoms with van der Waals surface area (Å²) in [6, 6.07) is 9.71. The van der Waals surface area contributed by atoms with E-state index in [1.165, 1.54) is 0 Å². The van der Waals surface area contributed by atoms with E-state index in [2.05, 4.69) is 28.5 Å². The molecule has 1 N–H and O–H groups in total. The number of rotatable bonds is 10. The van der Waals surface area contributed by atoms with Crippen LogP contribution < -0.4 is 5.32 Å². The Morgan fingerprint density at radius 2 is 2.00 bits per heavy atom. The zero-order valence-corrected chi connectivity index (χ0v) is 17.2. The van der Waals surface area contributed by atoms with Gasteiger partial charge in [0.1, 0.15) is 24.6 Å². The predicted molar refractivity (Wildman–Crippen MR) is 115 cm³/mol. The Bertz CT molecular complexity index is 1110. The second-order valence-electron chi connectivity index (χ2n) is 7.52. The summed E-state index contributed by atoms with van der Waals surface area (Å²) in [4.78, 5) is 38.9. The molecule has 0 spiro atoms. The Morgan fingerprint density at radius 1 is 1.13 bits per heavy atom. The van der Waals surface area contributed by atoms with E-state index in [4.69, 9.17) is 9.47 Å². The van der Waals surface area contributed by atoms with Crippen molar-refractivity contribution in [2.24, 2.45) is 0 Å². The first-order valence-corrected chi connectivity index (χ1v) is 10.5. The summed E-state index contributed by atoms with van der Waals surface area (Å²) in [7, 11) is 0. The second-order valence-corrected chi connectivity index (χ2v) is 7.52. The number of nitrogens with zero attached hydrogens (tertiary/aromatic N) is 2. The fourth-order valence-electron chi connectivity index (χ4n) is 4.05. The van der Waals surface area contributed by atoms with E-state index in [-0.39, 0.29) is 18.4 Å². The van der Waals surface area contributed by atoms with Gasteiger partial charge >= 0.3 is 0 Å². The molecule has 4 rings (SSSR count). The molecule has 2 aromatic heterocycles. The fourth-order valence-corrected chi connectivity index (χ4v) is 4.05. The van der Waals surface area contributed by atoms with Crippen molar-refractivity contribution in [2.45, 2.75) is 31.7 Å². The molecule has 0 radical (unpaired) electrons. The number of hydrogen-bond donors (Lipinski definition) is 1. The van der Waals surface area contributed by atoms with Gasteiger partial charge in [-0.25, -0.2) is 4.98 Å². The quantitative estimate of drug-likeness (QED) is 0.305. The molecule has 8 heteroatoms. The van der Waals surface area contributed by atoms with Crippen molar-refractivity contribution in [3.63, 3.8) is 0 Å². The van der Waals surface area contributed by atoms with Crippen LogP contribution in [0.2, 0.25) is 0 Å². The first-order chi connectivity index (χ1) is 15.2. The summed E-state index contributed by atoms with van der Waals surface area (Å²) in [6.45, 7) is 1.56. The number of pyridine rings is 1. The molecular formula is C23H25N3O5. The minimum atomic E-state index is -0.461. The van der Waals surface area contributed by atoms with Crippen molar-refractivity contribution in [1.29, 1.82) is 0 Å². The van der Waals surface area contributed by atoms with Crippen LogP contribution >= 0.6 is 0 Å². The first kappa shape index (κ1) is 21.1. The lowest BCUT2D eigenvalue weighted by Gasteiger charge is -2.23. The number of carbonyl (C=O) groups excluding carboxylic acids is 3. The number of fused-ring (bicyclic) bond motifs is 3. The number of aldehydes is 1. The summed E-state index contributed by atoms with van der Waals surface area (Å²) >= 11 is 0. The minimum Gasteiger partial charge on any atom is -0.379 e. The van der Waals surface area contributed by atoms with Gasteiger partial charge in [-0.3, -0.25) is 14.9 Å². The average Bonchev–Trinajstić information content (AvgIpc) is 3.09. The summed E-state index contributed by atoms with van der Waals surface area (Å²) in [5, 5.41) is 4.49. The number of hydrogen-bond acceptors (Lipinski definition) is 6. The molecule has 1 fully saturated rings. The van der Waals surface area contributed by atoms with Crippen molar-refractivity contribution in [3.8, 4) is 0 Å². The van der Waals surface area contributed by atoms with Crippen molar-refractivity contribution in [2.75, 3.05) is 26.4 Å². The number of piperidine rings is 1. The average molecular weight is 423 g/mol. The van der Waals surface area contributed by atoms with Gasteiger partial charge in [0.2, 0.25) is 11.8 Å². The zero-order chi connectivity index (χ0) is 21.6. The minimum absolute atomic E-state index is 0.0966. The normalized spacial score (nSPS) is 16.7. The van der Waals surface area contributed by atoms with E-state index in [1.54, 1.807) is 6.20 Å². The van der Waals surface area contributed by atoms with Crippen molar-refractivity contribution >= 4 is 40.0 Å². The molecule has 8 nitrogen and oxygen atoms in total. The molecule has 3 heterocycles. The smallest absolute Gasteiger partial charge is 0.249 e. The Morgan fingerprint density at radius 3 is 2.84 bits per heavy atom. The monoisotopic (exact) mass is 423 g/mol. The maximum Gasteiger partial charge on any atom is 0.249 e. The molecule has 0 aliphatic carbocycles. The van der Waals surface area contributed by atoms with Crippen LogP contribution in [0.25, 0.3) is 21.9 Å². The molecule has 1 atom stereocenters. The van der Waals surface area contributed by atoms with E-state index in [1.807, 2.05) is 16.7 Å². The highest BCUT2D eigenvalue weighted by Crippen LogP contribution is 2.34. The molecule has 1 saturated heterocycles. The van der Waals surface area contributed by atoms with Gasteiger partial charge in [-0.05, 0) is 43.0 Å². The molecule has 1 aliphatic heterocycles. The number of imide groups is 1. The lowest BCUT2D eigenvalue weighted by molar-refractivity contribution is -0.135. The van der Waals surface area contributed by atoms with Crippen LogP contribution in [0.3, 0.4) is 0 Å².